The fourth-order valence-corrected chi connectivity index (χ4v) is 2.52. The van der Waals surface area contributed by atoms with E-state index < -0.39 is 6.29 Å². The Kier molecular flexibility index (Phi) is 3.48. The van der Waals surface area contributed by atoms with Gasteiger partial charge in [-0.05, 0) is 24.3 Å². The molecule has 0 spiro atoms. The summed E-state index contributed by atoms with van der Waals surface area (Å²) in [7, 11) is 0. The summed E-state index contributed by atoms with van der Waals surface area (Å²) >= 11 is 0. The molecule has 1 unspecified atom stereocenters. The van der Waals surface area contributed by atoms with Crippen molar-refractivity contribution < 1.29 is 13.9 Å². The molecule has 0 aliphatic carbocycles. The fraction of sp³-hybridized carbons (Fsp3) is 0.111. The van der Waals surface area contributed by atoms with Crippen molar-refractivity contribution in [2.45, 2.75) is 12.9 Å². The van der Waals surface area contributed by atoms with Crippen LogP contribution in [0.1, 0.15) is 17.5 Å². The van der Waals surface area contributed by atoms with Gasteiger partial charge < -0.3 is 9.47 Å². The Balaban J connectivity index is 1.66. The molecule has 2 aromatic carbocycles. The number of rotatable bonds is 2. The van der Waals surface area contributed by atoms with E-state index >= 15 is 0 Å². The lowest BCUT2D eigenvalue weighted by Crippen LogP contribution is -2.19. The van der Waals surface area contributed by atoms with Crippen LogP contribution in [0.25, 0.3) is 11.3 Å². The molecule has 0 saturated heterocycles. The van der Waals surface area contributed by atoms with Crippen LogP contribution >= 0.6 is 0 Å². The molecular formula is C18H13FN2O2. The van der Waals surface area contributed by atoms with E-state index in [1.807, 2.05) is 24.3 Å². The summed E-state index contributed by atoms with van der Waals surface area (Å²) in [5, 5.41) is 0. The van der Waals surface area contributed by atoms with E-state index in [2.05, 4.69) is 9.97 Å². The van der Waals surface area contributed by atoms with Gasteiger partial charge in [-0.15, -0.1) is 0 Å². The summed E-state index contributed by atoms with van der Waals surface area (Å²) in [5.41, 5.74) is 2.48. The highest BCUT2D eigenvalue weighted by Gasteiger charge is 2.23. The standard InChI is InChI=1S/C18H13FN2O2/c19-14-7-3-2-6-13(14)15-9-16(21-11-20-15)18-22-10-12-5-1-4-8-17(12)23-18/h1-9,11,18H,10H2. The summed E-state index contributed by atoms with van der Waals surface area (Å²) in [6.07, 6.45) is 0.767. The lowest BCUT2D eigenvalue weighted by Gasteiger charge is -2.25. The first-order valence-corrected chi connectivity index (χ1v) is 7.24. The minimum absolute atomic E-state index is 0.326. The predicted octanol–water partition coefficient (Wildman–Crippen LogP) is 3.89. The molecule has 2 heterocycles. The van der Waals surface area contributed by atoms with Gasteiger partial charge >= 0.3 is 0 Å². The van der Waals surface area contributed by atoms with Gasteiger partial charge in [0, 0.05) is 11.1 Å². The van der Waals surface area contributed by atoms with Gasteiger partial charge in [-0.1, -0.05) is 30.3 Å². The number of hydrogen-bond acceptors (Lipinski definition) is 4. The molecule has 114 valence electrons. The molecule has 1 aliphatic heterocycles. The number of benzene rings is 2. The van der Waals surface area contributed by atoms with Gasteiger partial charge in [-0.25, -0.2) is 14.4 Å². The van der Waals surface area contributed by atoms with Crippen molar-refractivity contribution in [2.75, 3.05) is 0 Å². The number of nitrogens with zero attached hydrogens (tertiary/aromatic N) is 2. The van der Waals surface area contributed by atoms with Gasteiger partial charge in [0.1, 0.15) is 23.6 Å². The summed E-state index contributed by atoms with van der Waals surface area (Å²) in [4.78, 5) is 8.35. The molecule has 4 nitrogen and oxygen atoms in total. The van der Waals surface area contributed by atoms with Crippen LogP contribution in [0.5, 0.6) is 5.75 Å². The van der Waals surface area contributed by atoms with Gasteiger partial charge in [-0.2, -0.15) is 0 Å². The maximum atomic E-state index is 13.9. The van der Waals surface area contributed by atoms with E-state index in [1.54, 1.807) is 24.3 Å². The Morgan fingerprint density at radius 1 is 1.00 bits per heavy atom. The van der Waals surface area contributed by atoms with Crippen LogP contribution in [0.2, 0.25) is 0 Å². The minimum atomic E-state index is -0.626. The van der Waals surface area contributed by atoms with E-state index in [1.165, 1.54) is 12.4 Å². The Bertz CT molecular complexity index is 854. The smallest absolute Gasteiger partial charge is 0.244 e. The monoisotopic (exact) mass is 308 g/mol. The van der Waals surface area contributed by atoms with Crippen molar-refractivity contribution in [3.8, 4) is 17.0 Å². The topological polar surface area (TPSA) is 44.2 Å². The number of ether oxygens (including phenoxy) is 2. The summed E-state index contributed by atoms with van der Waals surface area (Å²) in [6, 6.07) is 15.9. The fourth-order valence-electron chi connectivity index (χ4n) is 2.52. The molecule has 3 aromatic rings. The highest BCUT2D eigenvalue weighted by atomic mass is 19.1. The van der Waals surface area contributed by atoms with Gasteiger partial charge in [0.15, 0.2) is 0 Å². The molecule has 0 amide bonds. The molecule has 5 heteroatoms. The van der Waals surface area contributed by atoms with E-state index in [0.29, 0.717) is 23.6 Å². The van der Waals surface area contributed by atoms with Gasteiger partial charge in [0.2, 0.25) is 6.29 Å². The number of fused-ring (bicyclic) bond motifs is 1. The quantitative estimate of drug-likeness (QED) is 0.720. The number of hydrogen-bond donors (Lipinski definition) is 0. The van der Waals surface area contributed by atoms with Crippen LogP contribution in [0, 0.1) is 5.82 Å². The van der Waals surface area contributed by atoms with Crippen molar-refractivity contribution in [3.05, 3.63) is 78.0 Å². The van der Waals surface area contributed by atoms with Gasteiger partial charge in [0.25, 0.3) is 0 Å². The molecular weight excluding hydrogens is 295 g/mol. The van der Waals surface area contributed by atoms with Crippen molar-refractivity contribution in [2.24, 2.45) is 0 Å². The average Bonchev–Trinajstić information content (AvgIpc) is 2.62. The van der Waals surface area contributed by atoms with Crippen LogP contribution in [0.4, 0.5) is 4.39 Å². The lowest BCUT2D eigenvalue weighted by molar-refractivity contribution is -0.114. The van der Waals surface area contributed by atoms with Crippen molar-refractivity contribution in [1.82, 2.24) is 9.97 Å². The molecule has 0 saturated carbocycles. The maximum Gasteiger partial charge on any atom is 0.244 e. The molecule has 1 atom stereocenters. The van der Waals surface area contributed by atoms with E-state index in [-0.39, 0.29) is 5.82 Å². The Hall–Kier alpha value is -2.79. The average molecular weight is 308 g/mol. The van der Waals surface area contributed by atoms with Crippen molar-refractivity contribution >= 4 is 0 Å². The molecule has 0 radical (unpaired) electrons. The predicted molar refractivity (Wildman–Crippen MR) is 82.0 cm³/mol. The maximum absolute atomic E-state index is 13.9. The molecule has 0 N–H and O–H groups in total. The third-order valence-corrected chi connectivity index (χ3v) is 3.68. The second-order valence-electron chi connectivity index (χ2n) is 5.18. The molecule has 1 aromatic heterocycles. The summed E-state index contributed by atoms with van der Waals surface area (Å²) in [5.74, 6) is 0.447. The Morgan fingerprint density at radius 3 is 2.74 bits per heavy atom. The van der Waals surface area contributed by atoms with Crippen LogP contribution in [0.3, 0.4) is 0 Å². The zero-order valence-corrected chi connectivity index (χ0v) is 12.1. The first-order valence-electron chi connectivity index (χ1n) is 7.24. The van der Waals surface area contributed by atoms with Crippen LogP contribution in [0.15, 0.2) is 60.9 Å². The number of aromatic nitrogens is 2. The van der Waals surface area contributed by atoms with Crippen molar-refractivity contribution in [3.63, 3.8) is 0 Å². The highest BCUT2D eigenvalue weighted by Crippen LogP contribution is 2.32. The molecule has 23 heavy (non-hydrogen) atoms. The first kappa shape index (κ1) is 13.8. The summed E-state index contributed by atoms with van der Waals surface area (Å²) < 4.78 is 25.5. The first-order chi connectivity index (χ1) is 11.3. The number of halogens is 1. The van der Waals surface area contributed by atoms with Crippen molar-refractivity contribution in [1.29, 1.82) is 0 Å². The summed E-state index contributed by atoms with van der Waals surface area (Å²) in [6.45, 7) is 0.444. The molecule has 4 rings (SSSR count). The largest absolute Gasteiger partial charge is 0.459 e. The second kappa shape index (κ2) is 5.78. The second-order valence-corrected chi connectivity index (χ2v) is 5.18. The van der Waals surface area contributed by atoms with E-state index in [0.717, 1.165) is 11.3 Å². The molecule has 0 fully saturated rings. The third kappa shape index (κ3) is 2.66. The minimum Gasteiger partial charge on any atom is -0.459 e. The van der Waals surface area contributed by atoms with Crippen LogP contribution < -0.4 is 4.74 Å². The van der Waals surface area contributed by atoms with Gasteiger partial charge in [-0.3, -0.25) is 0 Å². The highest BCUT2D eigenvalue weighted by molar-refractivity contribution is 5.59. The third-order valence-electron chi connectivity index (χ3n) is 3.68. The zero-order chi connectivity index (χ0) is 15.6. The zero-order valence-electron chi connectivity index (χ0n) is 12.1. The Morgan fingerprint density at radius 2 is 1.83 bits per heavy atom. The lowest BCUT2D eigenvalue weighted by atomic mass is 10.1. The molecule has 1 aliphatic rings. The van der Waals surface area contributed by atoms with E-state index in [4.69, 9.17) is 9.47 Å². The SMILES string of the molecule is Fc1ccccc1-c1cc(C2OCc3ccccc3O2)ncn1. The number of para-hydroxylation sites is 1. The van der Waals surface area contributed by atoms with Crippen LogP contribution in [-0.4, -0.2) is 9.97 Å². The van der Waals surface area contributed by atoms with Crippen LogP contribution in [-0.2, 0) is 11.3 Å². The van der Waals surface area contributed by atoms with Gasteiger partial charge in [0.05, 0.1) is 12.3 Å². The normalized spacial score (nSPS) is 16.5. The van der Waals surface area contributed by atoms with E-state index in [9.17, 15) is 4.39 Å². The Labute approximate surface area is 132 Å². The molecule has 0 bridgehead atoms.